The molecule has 17 nitrogen and oxygen atoms in total. The Kier molecular flexibility index (Phi) is 16.8. The number of allylic oxidation sites excluding steroid dienone is 5. The van der Waals surface area contributed by atoms with Crippen molar-refractivity contribution in [3.05, 3.63) is 81.2 Å². The third kappa shape index (κ3) is 10.8. The maximum atomic E-state index is 15.1. The van der Waals surface area contributed by atoms with E-state index in [0.717, 1.165) is 58.0 Å². The number of nitrogens with two attached hydrogens (primary N) is 1. The Morgan fingerprint density at radius 2 is 1.56 bits per heavy atom. The van der Waals surface area contributed by atoms with Crippen LogP contribution in [0, 0.1) is 6.92 Å². The molecular formula is C51H69N9O8. The van der Waals surface area contributed by atoms with E-state index >= 15 is 4.79 Å². The summed E-state index contributed by atoms with van der Waals surface area (Å²) in [6, 6.07) is 5.96. The second-order valence-electron chi connectivity index (χ2n) is 18.0. The van der Waals surface area contributed by atoms with Gasteiger partial charge in [0.05, 0.1) is 85.7 Å². The van der Waals surface area contributed by atoms with Crippen molar-refractivity contribution >= 4 is 57.0 Å². The second-order valence-corrected chi connectivity index (χ2v) is 18.0. The monoisotopic (exact) mass is 936 g/mol. The number of nitrogens with zero attached hydrogens (tertiary/aromatic N) is 6. The largest absolute Gasteiger partial charge is 0.382 e. The van der Waals surface area contributed by atoms with Gasteiger partial charge in [0.25, 0.3) is 11.8 Å². The van der Waals surface area contributed by atoms with Gasteiger partial charge < -0.3 is 44.4 Å². The minimum atomic E-state index is -0.392. The smallest absolute Gasteiger partial charge is 0.264 e. The highest BCUT2D eigenvalue weighted by atomic mass is 16.5. The molecule has 2 atom stereocenters. The van der Waals surface area contributed by atoms with Gasteiger partial charge in [-0.05, 0) is 80.2 Å². The lowest BCUT2D eigenvalue weighted by atomic mass is 9.84. The summed E-state index contributed by atoms with van der Waals surface area (Å²) in [4.78, 5) is 81.3. The average molecular weight is 936 g/mol. The Labute approximate surface area is 399 Å². The number of amides is 4. The number of methoxy groups -OCH3 is 1. The maximum Gasteiger partial charge on any atom is 0.264 e. The van der Waals surface area contributed by atoms with Crippen molar-refractivity contribution in [3.63, 3.8) is 0 Å². The molecule has 7 rings (SSSR count). The normalized spacial score (nSPS) is 18.0. The van der Waals surface area contributed by atoms with E-state index in [9.17, 15) is 14.4 Å². The number of fused-ring (bicyclic) bond motifs is 8. The Morgan fingerprint density at radius 1 is 0.868 bits per heavy atom. The Morgan fingerprint density at radius 3 is 2.28 bits per heavy atom. The highest BCUT2D eigenvalue weighted by Gasteiger charge is 2.41. The quantitative estimate of drug-likeness (QED) is 0.0878. The summed E-state index contributed by atoms with van der Waals surface area (Å²) in [6.45, 7) is 16.9. The molecule has 4 N–H and O–H groups in total. The SMILES string of the molecule is CCC1=C(C)c2cc3nc(cc4[nH]c(c5c6[nH]c(cc1n2)c(C)c6C(=O)N(CCN1CCOCC1)C5=O)[C@@H](CCC(=O)N(C)CCN)[C@@H]4C)C(C)=C3/C=C/C(=O)N(C)CCOCCOCCOC. The summed E-state index contributed by atoms with van der Waals surface area (Å²) >= 11 is 0. The number of hydrogen-bond donors (Lipinski definition) is 3. The molecule has 2 aromatic rings. The van der Waals surface area contributed by atoms with Crippen LogP contribution in [0.5, 0.6) is 0 Å². The van der Waals surface area contributed by atoms with E-state index < -0.39 is 5.91 Å². The molecule has 17 heteroatoms. The Bertz CT molecular complexity index is 2550. The fraction of sp³-hybridized carbons (Fsp3) is 0.529. The lowest BCUT2D eigenvalue weighted by molar-refractivity contribution is -0.130. The summed E-state index contributed by atoms with van der Waals surface area (Å²) < 4.78 is 21.7. The van der Waals surface area contributed by atoms with Gasteiger partial charge in [0.1, 0.15) is 0 Å². The minimum absolute atomic E-state index is 0.0435. The van der Waals surface area contributed by atoms with E-state index in [2.05, 4.69) is 35.6 Å². The van der Waals surface area contributed by atoms with Gasteiger partial charge in [-0.2, -0.15) is 0 Å². The van der Waals surface area contributed by atoms with Gasteiger partial charge in [0, 0.05) is 114 Å². The number of carbonyl (C=O) groups excluding carboxylic acids is 4. The summed E-state index contributed by atoms with van der Waals surface area (Å²) in [5.41, 5.74) is 16.5. The van der Waals surface area contributed by atoms with Crippen LogP contribution in [0.3, 0.4) is 0 Å². The standard InChI is InChI=1S/C51H69N9O8/c1-9-35-31(2)39-29-43-36(10-12-45(62)58(7)18-21-67-26-27-68-25-24-65-8)32(3)38(54-43)28-40-33(4)37(11-13-44(61)57(6)15-14-52)48(55-40)47-49-46(34(5)41(56-49)30-42(35)53-39)50(63)60(51(47)64)17-16-59-19-22-66-23-20-59/h10,12,28-30,33,37,55-56H,9,11,13-27,52H2,1-8H3/b12-10+,40-28?,42-30?,43-29?,48-47?/t33-,37-/m0/s1. The number of morpholine rings is 1. The first-order chi connectivity index (χ1) is 32.8. The van der Waals surface area contributed by atoms with Gasteiger partial charge in [-0.3, -0.25) is 29.0 Å². The van der Waals surface area contributed by atoms with Crippen molar-refractivity contribution in [2.24, 2.45) is 5.73 Å². The van der Waals surface area contributed by atoms with Crippen LogP contribution >= 0.6 is 0 Å². The molecule has 4 amide bonds. The molecule has 0 spiro atoms. The van der Waals surface area contributed by atoms with E-state index in [0.29, 0.717) is 125 Å². The fourth-order valence-electron chi connectivity index (χ4n) is 9.50. The van der Waals surface area contributed by atoms with E-state index in [1.54, 1.807) is 37.1 Å². The zero-order valence-corrected chi connectivity index (χ0v) is 41.1. The summed E-state index contributed by atoms with van der Waals surface area (Å²) in [6.07, 6.45) is 4.74. The lowest BCUT2D eigenvalue weighted by Crippen LogP contribution is -2.47. The van der Waals surface area contributed by atoms with Gasteiger partial charge in [-0.25, -0.2) is 9.97 Å². The summed E-state index contributed by atoms with van der Waals surface area (Å²) in [7, 11) is 5.12. The van der Waals surface area contributed by atoms with E-state index in [-0.39, 0.29) is 42.5 Å². The number of H-pyrrole nitrogens is 2. The molecule has 7 heterocycles. The molecule has 0 unspecified atom stereocenters. The number of carbonyl (C=O) groups is 4. The summed E-state index contributed by atoms with van der Waals surface area (Å²) in [5.74, 6) is -1.46. The predicted molar refractivity (Wildman–Crippen MR) is 262 cm³/mol. The van der Waals surface area contributed by atoms with Crippen LogP contribution in [-0.2, 0) is 28.5 Å². The number of imide groups is 1. The Balaban J connectivity index is 1.36. The van der Waals surface area contributed by atoms with Gasteiger partial charge in [0.2, 0.25) is 11.8 Å². The zero-order valence-electron chi connectivity index (χ0n) is 41.1. The molecule has 366 valence electrons. The highest BCUT2D eigenvalue weighted by Crippen LogP contribution is 2.45. The fourth-order valence-corrected chi connectivity index (χ4v) is 9.50. The number of aryl methyl sites for hydroxylation is 1. The molecular weight excluding hydrogens is 867 g/mol. The first-order valence-electron chi connectivity index (χ1n) is 23.9. The molecule has 2 aromatic heterocycles. The van der Waals surface area contributed by atoms with Gasteiger partial charge >= 0.3 is 0 Å². The summed E-state index contributed by atoms with van der Waals surface area (Å²) in [5, 5.41) is 0. The lowest BCUT2D eigenvalue weighted by Gasteiger charge is -2.31. The molecule has 68 heavy (non-hydrogen) atoms. The number of hydrogen-bond acceptors (Lipinski definition) is 12. The van der Waals surface area contributed by atoms with Crippen LogP contribution in [0.1, 0.15) is 119 Å². The topological polar surface area (TPSA) is 202 Å². The predicted octanol–water partition coefficient (Wildman–Crippen LogP) is 5.32. The van der Waals surface area contributed by atoms with Gasteiger partial charge in [0.15, 0.2) is 0 Å². The molecule has 0 saturated carbocycles. The molecule has 1 fully saturated rings. The third-order valence-electron chi connectivity index (χ3n) is 13.8. The van der Waals surface area contributed by atoms with Gasteiger partial charge in [-0.15, -0.1) is 0 Å². The van der Waals surface area contributed by atoms with E-state index in [1.165, 1.54) is 4.90 Å². The van der Waals surface area contributed by atoms with Crippen LogP contribution in [0.2, 0.25) is 0 Å². The van der Waals surface area contributed by atoms with Crippen LogP contribution < -0.4 is 5.73 Å². The van der Waals surface area contributed by atoms with Crippen LogP contribution in [0.15, 0.2) is 30.4 Å². The molecule has 1 saturated heterocycles. The number of ether oxygens (including phenoxy) is 4. The van der Waals surface area contributed by atoms with Crippen molar-refractivity contribution < 1.29 is 38.1 Å². The number of aromatic nitrogens is 4. The highest BCUT2D eigenvalue weighted by molar-refractivity contribution is 6.23. The van der Waals surface area contributed by atoms with Crippen molar-refractivity contribution in [3.8, 4) is 0 Å². The van der Waals surface area contributed by atoms with Crippen LogP contribution in [0.4, 0.5) is 0 Å². The zero-order chi connectivity index (χ0) is 48.6. The molecule has 0 aliphatic carbocycles. The average Bonchev–Trinajstić information content (AvgIpc) is 4.01. The van der Waals surface area contributed by atoms with Gasteiger partial charge in [-0.1, -0.05) is 13.8 Å². The van der Waals surface area contributed by atoms with Crippen molar-refractivity contribution in [2.75, 3.05) is 113 Å². The molecule has 5 aliphatic rings. The maximum absolute atomic E-state index is 15.1. The second kappa shape index (κ2) is 22.7. The molecule has 8 bridgehead atoms. The number of rotatable bonds is 20. The number of nitrogens with one attached hydrogen (secondary N) is 2. The third-order valence-corrected chi connectivity index (χ3v) is 13.8. The van der Waals surface area contributed by atoms with Crippen LogP contribution in [0.25, 0.3) is 33.3 Å². The van der Waals surface area contributed by atoms with E-state index in [1.807, 2.05) is 38.1 Å². The van der Waals surface area contributed by atoms with Crippen molar-refractivity contribution in [1.82, 2.24) is 39.5 Å². The minimum Gasteiger partial charge on any atom is -0.382 e. The number of likely N-dealkylation sites (N-methyl/N-ethyl adjacent to an activating group) is 2. The van der Waals surface area contributed by atoms with E-state index in [4.69, 9.17) is 34.6 Å². The number of aromatic amines is 2. The van der Waals surface area contributed by atoms with Crippen molar-refractivity contribution in [2.45, 2.75) is 65.7 Å². The Hall–Kier alpha value is -5.56. The first-order valence-corrected chi connectivity index (χ1v) is 23.9. The molecule has 0 radical (unpaired) electrons. The van der Waals surface area contributed by atoms with Crippen LogP contribution in [-0.4, -0.2) is 176 Å². The first kappa shape index (κ1) is 50.3. The van der Waals surface area contributed by atoms with Crippen molar-refractivity contribution in [1.29, 1.82) is 0 Å². The molecule has 5 aliphatic heterocycles. The molecule has 0 aromatic carbocycles.